The van der Waals surface area contributed by atoms with Gasteiger partial charge < -0.3 is 19.5 Å². The monoisotopic (exact) mass is 425 g/mol. The van der Waals surface area contributed by atoms with Crippen LogP contribution in [0.3, 0.4) is 0 Å². The molecular weight excluding hydrogens is 410 g/mol. The number of rotatable bonds is 7. The van der Waals surface area contributed by atoms with Gasteiger partial charge in [-0.15, -0.1) is 0 Å². The molecule has 11 heteroatoms. The van der Waals surface area contributed by atoms with Crippen molar-refractivity contribution in [2.75, 3.05) is 19.5 Å². The van der Waals surface area contributed by atoms with Crippen LogP contribution in [0.2, 0.25) is 0 Å². The average Bonchev–Trinajstić information content (AvgIpc) is 3.15. The standard InChI is InChI=1S/C19H15N5O5S/c1-27-11-7-8-12-15(9-11)30-19(22-12)23-17-16(24(25)26)18(21-10-20-17)29-14-6-4-3-5-13(14)28-2/h3-10H,1-2H3,(H,20,21,22,23). The normalized spacial score (nSPS) is 10.6. The second kappa shape index (κ2) is 8.17. The van der Waals surface area contributed by atoms with E-state index in [1.54, 1.807) is 43.5 Å². The molecule has 4 rings (SSSR count). The number of hydrogen-bond acceptors (Lipinski definition) is 10. The topological polar surface area (TPSA) is 122 Å². The van der Waals surface area contributed by atoms with Gasteiger partial charge in [0.25, 0.3) is 0 Å². The maximum atomic E-state index is 11.8. The first kappa shape index (κ1) is 19.3. The van der Waals surface area contributed by atoms with E-state index >= 15 is 0 Å². The third-order valence-electron chi connectivity index (χ3n) is 4.07. The van der Waals surface area contributed by atoms with Crippen molar-refractivity contribution in [1.29, 1.82) is 0 Å². The lowest BCUT2D eigenvalue weighted by Crippen LogP contribution is -2.03. The third kappa shape index (κ3) is 3.78. The van der Waals surface area contributed by atoms with Crippen molar-refractivity contribution in [1.82, 2.24) is 15.0 Å². The number of nitrogens with zero attached hydrogens (tertiary/aromatic N) is 4. The van der Waals surface area contributed by atoms with Crippen LogP contribution in [0.4, 0.5) is 16.6 Å². The Labute approximate surface area is 174 Å². The van der Waals surface area contributed by atoms with Crippen molar-refractivity contribution >= 4 is 38.2 Å². The van der Waals surface area contributed by atoms with Gasteiger partial charge in [-0.3, -0.25) is 10.1 Å². The first-order valence-corrected chi connectivity index (χ1v) is 9.42. The Balaban J connectivity index is 1.70. The highest BCUT2D eigenvalue weighted by Crippen LogP contribution is 2.39. The van der Waals surface area contributed by atoms with Crippen LogP contribution in [0.25, 0.3) is 10.2 Å². The molecule has 2 heterocycles. The molecule has 30 heavy (non-hydrogen) atoms. The zero-order valence-electron chi connectivity index (χ0n) is 15.9. The van der Waals surface area contributed by atoms with Gasteiger partial charge in [-0.05, 0) is 30.3 Å². The number of para-hydroxylation sites is 2. The van der Waals surface area contributed by atoms with Gasteiger partial charge in [0.1, 0.15) is 12.1 Å². The molecule has 0 atom stereocenters. The number of fused-ring (bicyclic) bond motifs is 1. The Bertz CT molecular complexity index is 1230. The first-order valence-electron chi connectivity index (χ1n) is 8.61. The lowest BCUT2D eigenvalue weighted by atomic mass is 10.3. The van der Waals surface area contributed by atoms with E-state index in [0.29, 0.717) is 22.4 Å². The second-order valence-electron chi connectivity index (χ2n) is 5.86. The van der Waals surface area contributed by atoms with E-state index in [4.69, 9.17) is 14.2 Å². The largest absolute Gasteiger partial charge is 0.497 e. The minimum atomic E-state index is -0.608. The average molecular weight is 425 g/mol. The molecule has 0 fully saturated rings. The number of benzene rings is 2. The number of nitro groups is 1. The first-order chi connectivity index (χ1) is 14.6. The molecule has 4 aromatic rings. The van der Waals surface area contributed by atoms with E-state index < -0.39 is 10.6 Å². The number of methoxy groups -OCH3 is 2. The molecule has 0 aliphatic rings. The minimum Gasteiger partial charge on any atom is -0.497 e. The van der Waals surface area contributed by atoms with Crippen LogP contribution < -0.4 is 19.5 Å². The van der Waals surface area contributed by atoms with Crippen molar-refractivity contribution in [2.45, 2.75) is 0 Å². The summed E-state index contributed by atoms with van der Waals surface area (Å²) in [5, 5.41) is 15.1. The van der Waals surface area contributed by atoms with E-state index in [1.807, 2.05) is 6.07 Å². The fourth-order valence-electron chi connectivity index (χ4n) is 2.69. The van der Waals surface area contributed by atoms with Crippen LogP contribution in [0.15, 0.2) is 48.8 Å². The van der Waals surface area contributed by atoms with Crippen molar-refractivity contribution in [3.8, 4) is 23.1 Å². The van der Waals surface area contributed by atoms with Crippen LogP contribution >= 0.6 is 11.3 Å². The summed E-state index contributed by atoms with van der Waals surface area (Å²) >= 11 is 1.31. The zero-order valence-corrected chi connectivity index (χ0v) is 16.7. The molecule has 0 aliphatic carbocycles. The van der Waals surface area contributed by atoms with Crippen molar-refractivity contribution in [3.63, 3.8) is 0 Å². The molecule has 0 saturated heterocycles. The zero-order chi connectivity index (χ0) is 21.1. The highest BCUT2D eigenvalue weighted by molar-refractivity contribution is 7.22. The molecule has 152 valence electrons. The Morgan fingerprint density at radius 1 is 1.07 bits per heavy atom. The lowest BCUT2D eigenvalue weighted by molar-refractivity contribution is -0.385. The van der Waals surface area contributed by atoms with Crippen LogP contribution in [-0.4, -0.2) is 34.1 Å². The Morgan fingerprint density at radius 2 is 1.87 bits per heavy atom. The van der Waals surface area contributed by atoms with Gasteiger partial charge in [0, 0.05) is 0 Å². The van der Waals surface area contributed by atoms with Gasteiger partial charge in [0.2, 0.25) is 5.82 Å². The summed E-state index contributed by atoms with van der Waals surface area (Å²) in [4.78, 5) is 23.5. The van der Waals surface area contributed by atoms with Gasteiger partial charge in [0.05, 0.1) is 29.4 Å². The number of nitrogens with one attached hydrogen (secondary N) is 1. The fraction of sp³-hybridized carbons (Fsp3) is 0.105. The Hall–Kier alpha value is -3.99. The van der Waals surface area contributed by atoms with Crippen LogP contribution in [-0.2, 0) is 0 Å². The van der Waals surface area contributed by atoms with Crippen molar-refractivity contribution in [2.24, 2.45) is 0 Å². The summed E-state index contributed by atoms with van der Waals surface area (Å²) in [5.74, 6) is 1.15. The summed E-state index contributed by atoms with van der Waals surface area (Å²) in [5.41, 5.74) is 0.311. The fourth-order valence-corrected chi connectivity index (χ4v) is 3.58. The smallest absolute Gasteiger partial charge is 0.373 e. The summed E-state index contributed by atoms with van der Waals surface area (Å²) in [7, 11) is 3.06. The Morgan fingerprint density at radius 3 is 2.60 bits per heavy atom. The van der Waals surface area contributed by atoms with Crippen LogP contribution in [0.1, 0.15) is 0 Å². The lowest BCUT2D eigenvalue weighted by Gasteiger charge is -2.10. The Kier molecular flexibility index (Phi) is 5.26. The molecule has 1 N–H and O–H groups in total. The highest BCUT2D eigenvalue weighted by atomic mass is 32.1. The number of thiazole rings is 1. The minimum absolute atomic E-state index is 0.0362. The van der Waals surface area contributed by atoms with Gasteiger partial charge in [-0.25, -0.2) is 9.97 Å². The van der Waals surface area contributed by atoms with Gasteiger partial charge >= 0.3 is 11.6 Å². The molecule has 0 spiro atoms. The van der Waals surface area contributed by atoms with E-state index in [0.717, 1.165) is 10.2 Å². The maximum absolute atomic E-state index is 11.8. The van der Waals surface area contributed by atoms with E-state index in [9.17, 15) is 10.1 Å². The van der Waals surface area contributed by atoms with Crippen molar-refractivity contribution < 1.29 is 19.1 Å². The van der Waals surface area contributed by atoms with Gasteiger partial charge in [0.15, 0.2) is 16.6 Å². The van der Waals surface area contributed by atoms with E-state index in [-0.39, 0.29) is 11.7 Å². The predicted molar refractivity (Wildman–Crippen MR) is 111 cm³/mol. The molecule has 0 saturated carbocycles. The number of aromatic nitrogens is 3. The summed E-state index contributed by atoms with van der Waals surface area (Å²) in [6.07, 6.45) is 1.18. The number of anilines is 2. The molecular formula is C19H15N5O5S. The molecule has 2 aromatic carbocycles. The third-order valence-corrected chi connectivity index (χ3v) is 5.00. The second-order valence-corrected chi connectivity index (χ2v) is 6.89. The summed E-state index contributed by atoms with van der Waals surface area (Å²) < 4.78 is 17.0. The van der Waals surface area contributed by atoms with E-state index in [1.165, 1.54) is 24.8 Å². The molecule has 0 amide bonds. The summed E-state index contributed by atoms with van der Waals surface area (Å²) in [6.45, 7) is 0. The van der Waals surface area contributed by atoms with Crippen LogP contribution in [0, 0.1) is 10.1 Å². The highest BCUT2D eigenvalue weighted by Gasteiger charge is 2.26. The number of ether oxygens (including phenoxy) is 3. The van der Waals surface area contributed by atoms with Gasteiger partial charge in [-0.1, -0.05) is 23.5 Å². The quantitative estimate of drug-likeness (QED) is 0.336. The van der Waals surface area contributed by atoms with Crippen molar-refractivity contribution in [3.05, 3.63) is 58.9 Å². The molecule has 2 aromatic heterocycles. The molecule has 0 aliphatic heterocycles. The molecule has 0 bridgehead atoms. The molecule has 10 nitrogen and oxygen atoms in total. The predicted octanol–water partition coefficient (Wildman–Crippen LogP) is 4.55. The summed E-state index contributed by atoms with van der Waals surface area (Å²) in [6, 6.07) is 12.2. The SMILES string of the molecule is COc1ccc2nc(Nc3ncnc(Oc4ccccc4OC)c3[N+](=O)[O-])sc2c1. The van der Waals surface area contributed by atoms with Crippen LogP contribution in [0.5, 0.6) is 23.1 Å². The maximum Gasteiger partial charge on any atom is 0.373 e. The molecule has 0 radical (unpaired) electrons. The van der Waals surface area contributed by atoms with E-state index in [2.05, 4.69) is 20.3 Å². The number of hydrogen-bond donors (Lipinski definition) is 1. The van der Waals surface area contributed by atoms with Gasteiger partial charge in [-0.2, -0.15) is 4.98 Å². The molecule has 0 unspecified atom stereocenters.